The van der Waals surface area contributed by atoms with E-state index in [4.69, 9.17) is 9.47 Å². The number of carbonyl (C=O) groups is 2. The molecule has 0 bridgehead atoms. The Labute approximate surface area is 326 Å². The second kappa shape index (κ2) is 39.6. The van der Waals surface area contributed by atoms with Crippen LogP contribution in [0, 0.1) is 17.8 Å². The Bertz CT molecular complexity index is 680. The number of esters is 2. The third kappa shape index (κ3) is 35.9. The molecule has 5 nitrogen and oxygen atoms in total. The standard InChI is InChI=1S/C47H93NO4/c1-7-11-23-33-44(34-24-12-8-2)41-46(49)51-39-29-21-17-15-19-27-31-43(37-38-48(5)6)32-28-20-16-18-22-30-40-52-47(50)42-45(35-25-13-9-3)36-26-14-10-4/h43-45H,7-42H2,1-6H3. The number of hydrogen-bond donors (Lipinski definition) is 0. The summed E-state index contributed by atoms with van der Waals surface area (Å²) in [6.45, 7) is 11.4. The minimum Gasteiger partial charge on any atom is -0.466 e. The smallest absolute Gasteiger partial charge is 0.306 e. The fraction of sp³-hybridized carbons (Fsp3) is 0.957. The van der Waals surface area contributed by atoms with Crippen molar-refractivity contribution in [2.24, 2.45) is 17.8 Å². The predicted octanol–water partition coefficient (Wildman–Crippen LogP) is 14.4. The molecule has 310 valence electrons. The van der Waals surface area contributed by atoms with Crippen LogP contribution in [0.3, 0.4) is 0 Å². The molecule has 0 aliphatic carbocycles. The Hall–Kier alpha value is -1.10. The average Bonchev–Trinajstić information content (AvgIpc) is 3.12. The summed E-state index contributed by atoms with van der Waals surface area (Å²) < 4.78 is 11.3. The lowest BCUT2D eigenvalue weighted by Crippen LogP contribution is -2.17. The quantitative estimate of drug-likeness (QED) is 0.0462. The third-order valence-corrected chi connectivity index (χ3v) is 11.3. The van der Waals surface area contributed by atoms with Gasteiger partial charge in [0.15, 0.2) is 0 Å². The monoisotopic (exact) mass is 736 g/mol. The largest absolute Gasteiger partial charge is 0.466 e. The lowest BCUT2D eigenvalue weighted by Gasteiger charge is -2.19. The molecule has 0 aliphatic rings. The van der Waals surface area contributed by atoms with Gasteiger partial charge < -0.3 is 14.4 Å². The van der Waals surface area contributed by atoms with E-state index in [0.29, 0.717) is 37.9 Å². The van der Waals surface area contributed by atoms with Crippen LogP contribution in [-0.2, 0) is 19.1 Å². The first-order valence-electron chi connectivity index (χ1n) is 23.3. The van der Waals surface area contributed by atoms with Crippen molar-refractivity contribution in [2.45, 2.75) is 240 Å². The van der Waals surface area contributed by atoms with Gasteiger partial charge in [-0.2, -0.15) is 0 Å². The van der Waals surface area contributed by atoms with E-state index in [1.54, 1.807) is 0 Å². The SMILES string of the molecule is CCCCCC(CCCCC)CC(=O)OCCCCCCCCC(CCCCCCCCOC(=O)CC(CCCCC)CCCCC)CCN(C)C. The van der Waals surface area contributed by atoms with Crippen LogP contribution in [0.15, 0.2) is 0 Å². The number of ether oxygens (including phenoxy) is 2. The molecule has 0 radical (unpaired) electrons. The van der Waals surface area contributed by atoms with E-state index in [1.807, 2.05) is 0 Å². The van der Waals surface area contributed by atoms with Gasteiger partial charge in [0.25, 0.3) is 0 Å². The van der Waals surface area contributed by atoms with Gasteiger partial charge in [-0.3, -0.25) is 9.59 Å². The molecule has 0 aromatic carbocycles. The van der Waals surface area contributed by atoms with E-state index in [0.717, 1.165) is 18.8 Å². The first-order valence-corrected chi connectivity index (χ1v) is 23.3. The first-order chi connectivity index (χ1) is 25.4. The highest BCUT2D eigenvalue weighted by molar-refractivity contribution is 5.70. The van der Waals surface area contributed by atoms with Gasteiger partial charge in [0.2, 0.25) is 0 Å². The van der Waals surface area contributed by atoms with Gasteiger partial charge in [-0.1, -0.05) is 182 Å². The zero-order valence-corrected chi connectivity index (χ0v) is 36.3. The number of rotatable bonds is 41. The Morgan fingerprint density at radius 3 is 1.00 bits per heavy atom. The van der Waals surface area contributed by atoms with Crippen LogP contribution in [-0.4, -0.2) is 50.7 Å². The molecule has 0 rings (SSSR count). The minimum atomic E-state index is 0.0362. The summed E-state index contributed by atoms with van der Waals surface area (Å²) in [5.41, 5.74) is 0. The highest BCUT2D eigenvalue weighted by Crippen LogP contribution is 2.24. The normalized spacial score (nSPS) is 11.8. The molecule has 0 unspecified atom stereocenters. The Morgan fingerprint density at radius 2 is 0.673 bits per heavy atom. The Balaban J connectivity index is 4.03. The topological polar surface area (TPSA) is 55.8 Å². The molecule has 0 saturated carbocycles. The van der Waals surface area contributed by atoms with Gasteiger partial charge in [-0.05, 0) is 83.3 Å². The van der Waals surface area contributed by atoms with Crippen LogP contribution in [0.25, 0.3) is 0 Å². The third-order valence-electron chi connectivity index (χ3n) is 11.3. The molecule has 52 heavy (non-hydrogen) atoms. The van der Waals surface area contributed by atoms with Crippen LogP contribution in [0.1, 0.15) is 240 Å². The van der Waals surface area contributed by atoms with Crippen molar-refractivity contribution >= 4 is 11.9 Å². The first kappa shape index (κ1) is 50.9. The van der Waals surface area contributed by atoms with Crippen LogP contribution < -0.4 is 0 Å². The lowest BCUT2D eigenvalue weighted by molar-refractivity contribution is -0.146. The van der Waals surface area contributed by atoms with Crippen molar-refractivity contribution in [3.8, 4) is 0 Å². The summed E-state index contributed by atoms with van der Waals surface area (Å²) in [4.78, 5) is 27.3. The maximum Gasteiger partial charge on any atom is 0.306 e. The molecular weight excluding hydrogens is 643 g/mol. The minimum absolute atomic E-state index is 0.0362. The van der Waals surface area contributed by atoms with E-state index < -0.39 is 0 Å². The molecule has 0 amide bonds. The van der Waals surface area contributed by atoms with Crippen LogP contribution >= 0.6 is 0 Å². The summed E-state index contributed by atoms with van der Waals surface area (Å²) in [6, 6.07) is 0. The fourth-order valence-electron chi connectivity index (χ4n) is 7.75. The zero-order valence-electron chi connectivity index (χ0n) is 36.3. The molecule has 0 spiro atoms. The van der Waals surface area contributed by atoms with E-state index in [2.05, 4.69) is 46.7 Å². The van der Waals surface area contributed by atoms with Gasteiger partial charge in [0.1, 0.15) is 0 Å². The van der Waals surface area contributed by atoms with Crippen LogP contribution in [0.5, 0.6) is 0 Å². The van der Waals surface area contributed by atoms with Gasteiger partial charge >= 0.3 is 11.9 Å². The van der Waals surface area contributed by atoms with E-state index >= 15 is 0 Å². The summed E-state index contributed by atoms with van der Waals surface area (Å²) >= 11 is 0. The second-order valence-corrected chi connectivity index (χ2v) is 16.8. The highest BCUT2D eigenvalue weighted by Gasteiger charge is 2.16. The maximum atomic E-state index is 12.5. The molecule has 0 atom stereocenters. The van der Waals surface area contributed by atoms with Crippen molar-refractivity contribution in [3.63, 3.8) is 0 Å². The van der Waals surface area contributed by atoms with E-state index in [1.165, 1.54) is 193 Å². The Kier molecular flexibility index (Phi) is 38.8. The molecule has 5 heteroatoms. The van der Waals surface area contributed by atoms with Crippen molar-refractivity contribution in [3.05, 3.63) is 0 Å². The molecule has 0 saturated heterocycles. The molecular formula is C47H93NO4. The lowest BCUT2D eigenvalue weighted by atomic mass is 9.91. The molecule has 0 fully saturated rings. The average molecular weight is 736 g/mol. The van der Waals surface area contributed by atoms with Crippen LogP contribution in [0.2, 0.25) is 0 Å². The number of carbonyl (C=O) groups excluding carboxylic acids is 2. The number of hydrogen-bond acceptors (Lipinski definition) is 5. The summed E-state index contributed by atoms with van der Waals surface area (Å²) in [6.07, 6.45) is 40.0. The van der Waals surface area contributed by atoms with Gasteiger partial charge in [-0.15, -0.1) is 0 Å². The summed E-state index contributed by atoms with van der Waals surface area (Å²) in [7, 11) is 4.40. The van der Waals surface area contributed by atoms with E-state index in [9.17, 15) is 9.59 Å². The summed E-state index contributed by atoms with van der Waals surface area (Å²) in [5, 5.41) is 0. The van der Waals surface area contributed by atoms with Crippen LogP contribution in [0.4, 0.5) is 0 Å². The molecule has 0 heterocycles. The zero-order chi connectivity index (χ0) is 38.3. The van der Waals surface area contributed by atoms with Gasteiger partial charge in [0.05, 0.1) is 13.2 Å². The van der Waals surface area contributed by atoms with Gasteiger partial charge in [-0.25, -0.2) is 0 Å². The van der Waals surface area contributed by atoms with Crippen molar-refractivity contribution in [1.82, 2.24) is 4.90 Å². The fourth-order valence-corrected chi connectivity index (χ4v) is 7.75. The highest BCUT2D eigenvalue weighted by atomic mass is 16.5. The molecule has 0 aromatic rings. The van der Waals surface area contributed by atoms with Crippen molar-refractivity contribution in [2.75, 3.05) is 33.9 Å². The maximum absolute atomic E-state index is 12.5. The summed E-state index contributed by atoms with van der Waals surface area (Å²) in [5.74, 6) is 1.96. The Morgan fingerprint density at radius 1 is 0.385 bits per heavy atom. The predicted molar refractivity (Wildman–Crippen MR) is 226 cm³/mol. The van der Waals surface area contributed by atoms with Crippen molar-refractivity contribution < 1.29 is 19.1 Å². The molecule has 0 aromatic heterocycles. The second-order valence-electron chi connectivity index (χ2n) is 16.8. The molecule has 0 aliphatic heterocycles. The van der Waals surface area contributed by atoms with E-state index in [-0.39, 0.29) is 11.9 Å². The number of nitrogens with zero attached hydrogens (tertiary/aromatic N) is 1. The van der Waals surface area contributed by atoms with Crippen molar-refractivity contribution in [1.29, 1.82) is 0 Å². The molecule has 0 N–H and O–H groups in total. The van der Waals surface area contributed by atoms with Gasteiger partial charge in [0, 0.05) is 12.8 Å². The number of unbranched alkanes of at least 4 members (excludes halogenated alkanes) is 18.